The summed E-state index contributed by atoms with van der Waals surface area (Å²) in [6.07, 6.45) is 1.68. The SMILES string of the molecule is CC.C[C@@H]1OCCC1(C)C. The van der Waals surface area contributed by atoms with Crippen molar-refractivity contribution in [3.8, 4) is 0 Å². The molecule has 0 N–H and O–H groups in total. The summed E-state index contributed by atoms with van der Waals surface area (Å²) in [5.74, 6) is 0. The van der Waals surface area contributed by atoms with Gasteiger partial charge >= 0.3 is 0 Å². The quantitative estimate of drug-likeness (QED) is 0.508. The summed E-state index contributed by atoms with van der Waals surface area (Å²) in [5, 5.41) is 0. The van der Waals surface area contributed by atoms with Gasteiger partial charge in [-0.15, -0.1) is 0 Å². The van der Waals surface area contributed by atoms with Crippen molar-refractivity contribution in [1.82, 2.24) is 0 Å². The number of rotatable bonds is 0. The summed E-state index contributed by atoms with van der Waals surface area (Å²) in [6.45, 7) is 11.6. The molecule has 1 heterocycles. The molecule has 0 radical (unpaired) electrons. The molecule has 0 aromatic carbocycles. The van der Waals surface area contributed by atoms with Crippen molar-refractivity contribution in [2.24, 2.45) is 5.41 Å². The highest BCUT2D eigenvalue weighted by Gasteiger charge is 2.31. The molecule has 0 unspecified atom stereocenters. The van der Waals surface area contributed by atoms with Crippen LogP contribution in [0.5, 0.6) is 0 Å². The molecule has 1 atom stereocenters. The topological polar surface area (TPSA) is 9.23 Å². The molecule has 0 saturated carbocycles. The van der Waals surface area contributed by atoms with E-state index in [-0.39, 0.29) is 0 Å². The lowest BCUT2D eigenvalue weighted by Gasteiger charge is -2.20. The zero-order chi connectivity index (χ0) is 8.20. The summed E-state index contributed by atoms with van der Waals surface area (Å²) in [7, 11) is 0. The van der Waals surface area contributed by atoms with Crippen molar-refractivity contribution in [1.29, 1.82) is 0 Å². The zero-order valence-corrected chi connectivity index (χ0v) is 7.90. The van der Waals surface area contributed by atoms with E-state index >= 15 is 0 Å². The van der Waals surface area contributed by atoms with E-state index < -0.39 is 0 Å². The Bertz CT molecular complexity index is 86.7. The Kier molecular flexibility index (Phi) is 3.95. The van der Waals surface area contributed by atoms with Gasteiger partial charge in [-0.25, -0.2) is 0 Å². The lowest BCUT2D eigenvalue weighted by molar-refractivity contribution is 0.0798. The van der Waals surface area contributed by atoms with Crippen LogP contribution in [-0.2, 0) is 4.74 Å². The van der Waals surface area contributed by atoms with Crippen LogP contribution in [0.2, 0.25) is 0 Å². The minimum Gasteiger partial charge on any atom is -0.378 e. The summed E-state index contributed by atoms with van der Waals surface area (Å²) in [5.41, 5.74) is 0.431. The fourth-order valence-corrected chi connectivity index (χ4v) is 0.928. The molecular weight excluding hydrogens is 124 g/mol. The lowest BCUT2D eigenvalue weighted by atomic mass is 9.87. The molecule has 0 spiro atoms. The van der Waals surface area contributed by atoms with Gasteiger partial charge in [-0.3, -0.25) is 0 Å². The molecule has 0 bridgehead atoms. The van der Waals surface area contributed by atoms with E-state index in [0.717, 1.165) is 6.61 Å². The van der Waals surface area contributed by atoms with E-state index in [1.165, 1.54) is 6.42 Å². The second-order valence-electron chi connectivity index (χ2n) is 3.25. The third-order valence-corrected chi connectivity index (χ3v) is 2.21. The van der Waals surface area contributed by atoms with Gasteiger partial charge in [-0.1, -0.05) is 27.7 Å². The average molecular weight is 144 g/mol. The van der Waals surface area contributed by atoms with Gasteiger partial charge in [0.2, 0.25) is 0 Å². The van der Waals surface area contributed by atoms with Crippen LogP contribution in [-0.4, -0.2) is 12.7 Å². The van der Waals surface area contributed by atoms with Crippen LogP contribution in [0.1, 0.15) is 41.0 Å². The molecular formula is C9H20O. The molecule has 1 heteroatoms. The predicted molar refractivity (Wildman–Crippen MR) is 45.2 cm³/mol. The van der Waals surface area contributed by atoms with Crippen LogP contribution in [0.3, 0.4) is 0 Å². The molecule has 1 aliphatic heterocycles. The standard InChI is InChI=1S/C7H14O.C2H6/c1-6-7(2,3)4-5-8-6;1-2/h6H,4-5H2,1-3H3;1-2H3/t6-;/m0./s1. The Morgan fingerprint density at radius 1 is 1.30 bits per heavy atom. The van der Waals surface area contributed by atoms with Crippen LogP contribution < -0.4 is 0 Å². The van der Waals surface area contributed by atoms with Crippen molar-refractivity contribution in [2.75, 3.05) is 6.61 Å². The number of hydrogen-bond donors (Lipinski definition) is 0. The third kappa shape index (κ3) is 2.30. The molecule has 10 heavy (non-hydrogen) atoms. The average Bonchev–Trinajstić information content (AvgIpc) is 2.17. The summed E-state index contributed by atoms with van der Waals surface area (Å²) in [6, 6.07) is 0. The fourth-order valence-electron chi connectivity index (χ4n) is 0.928. The molecule has 0 amide bonds. The second kappa shape index (κ2) is 3.97. The van der Waals surface area contributed by atoms with E-state index in [0.29, 0.717) is 11.5 Å². The van der Waals surface area contributed by atoms with E-state index in [1.54, 1.807) is 0 Å². The zero-order valence-electron chi connectivity index (χ0n) is 7.90. The first-order valence-electron chi connectivity index (χ1n) is 4.24. The lowest BCUT2D eigenvalue weighted by Crippen LogP contribution is -2.19. The van der Waals surface area contributed by atoms with Crippen molar-refractivity contribution in [3.05, 3.63) is 0 Å². The van der Waals surface area contributed by atoms with Gasteiger partial charge in [0, 0.05) is 6.61 Å². The molecule has 0 aliphatic carbocycles. The maximum atomic E-state index is 5.37. The van der Waals surface area contributed by atoms with Gasteiger partial charge in [-0.05, 0) is 18.8 Å². The Balaban J connectivity index is 0.000000371. The Hall–Kier alpha value is -0.0400. The molecule has 0 aromatic heterocycles. The van der Waals surface area contributed by atoms with Crippen LogP contribution >= 0.6 is 0 Å². The van der Waals surface area contributed by atoms with Crippen LogP contribution in [0.25, 0.3) is 0 Å². The minimum absolute atomic E-state index is 0.431. The van der Waals surface area contributed by atoms with Crippen molar-refractivity contribution in [3.63, 3.8) is 0 Å². The molecule has 0 aromatic rings. The van der Waals surface area contributed by atoms with Crippen molar-refractivity contribution >= 4 is 0 Å². The highest BCUT2D eigenvalue weighted by Crippen LogP contribution is 2.32. The van der Waals surface area contributed by atoms with Gasteiger partial charge in [0.15, 0.2) is 0 Å². The Labute approximate surface area is 64.8 Å². The smallest absolute Gasteiger partial charge is 0.0598 e. The normalized spacial score (nSPS) is 29.1. The van der Waals surface area contributed by atoms with E-state index in [9.17, 15) is 0 Å². The van der Waals surface area contributed by atoms with Crippen molar-refractivity contribution < 1.29 is 4.74 Å². The van der Waals surface area contributed by atoms with E-state index in [1.807, 2.05) is 13.8 Å². The first-order valence-corrected chi connectivity index (χ1v) is 4.24. The molecule has 1 fully saturated rings. The molecule has 62 valence electrons. The Morgan fingerprint density at radius 3 is 1.90 bits per heavy atom. The predicted octanol–water partition coefficient (Wildman–Crippen LogP) is 2.85. The van der Waals surface area contributed by atoms with Gasteiger partial charge < -0.3 is 4.74 Å². The van der Waals surface area contributed by atoms with Gasteiger partial charge in [0.05, 0.1) is 6.10 Å². The second-order valence-corrected chi connectivity index (χ2v) is 3.25. The van der Waals surface area contributed by atoms with Crippen molar-refractivity contribution in [2.45, 2.75) is 47.1 Å². The first kappa shape index (κ1) is 9.96. The minimum atomic E-state index is 0.431. The maximum Gasteiger partial charge on any atom is 0.0598 e. The van der Waals surface area contributed by atoms with Gasteiger partial charge in [0.1, 0.15) is 0 Å². The van der Waals surface area contributed by atoms with Crippen LogP contribution in [0.4, 0.5) is 0 Å². The summed E-state index contributed by atoms with van der Waals surface area (Å²) in [4.78, 5) is 0. The monoisotopic (exact) mass is 144 g/mol. The largest absolute Gasteiger partial charge is 0.378 e. The molecule has 1 aliphatic rings. The highest BCUT2D eigenvalue weighted by molar-refractivity contribution is 4.80. The first-order chi connectivity index (χ1) is 4.63. The molecule has 1 nitrogen and oxygen atoms in total. The highest BCUT2D eigenvalue weighted by atomic mass is 16.5. The third-order valence-electron chi connectivity index (χ3n) is 2.21. The van der Waals surface area contributed by atoms with Gasteiger partial charge in [0.25, 0.3) is 0 Å². The van der Waals surface area contributed by atoms with Crippen LogP contribution in [0.15, 0.2) is 0 Å². The van der Waals surface area contributed by atoms with E-state index in [2.05, 4.69) is 20.8 Å². The fraction of sp³-hybridized carbons (Fsp3) is 1.00. The molecule has 1 rings (SSSR count). The summed E-state index contributed by atoms with van der Waals surface area (Å²) < 4.78 is 5.37. The molecule has 1 saturated heterocycles. The summed E-state index contributed by atoms with van der Waals surface area (Å²) >= 11 is 0. The van der Waals surface area contributed by atoms with Gasteiger partial charge in [-0.2, -0.15) is 0 Å². The number of ether oxygens (including phenoxy) is 1. The Morgan fingerprint density at radius 2 is 1.80 bits per heavy atom. The maximum absolute atomic E-state index is 5.37. The number of hydrogen-bond acceptors (Lipinski definition) is 1. The van der Waals surface area contributed by atoms with Crippen LogP contribution in [0, 0.1) is 5.41 Å². The van der Waals surface area contributed by atoms with E-state index in [4.69, 9.17) is 4.74 Å².